The van der Waals surface area contributed by atoms with Crippen molar-refractivity contribution < 1.29 is 4.74 Å². The Labute approximate surface area is 182 Å². The Morgan fingerprint density at radius 1 is 1.07 bits per heavy atom. The molecule has 5 rings (SSSR count). The number of fused-ring (bicyclic) bond motifs is 3. The molecule has 1 atom stereocenters. The number of hydrogen-bond donors (Lipinski definition) is 1. The molecule has 1 aromatic heterocycles. The number of benzene rings is 1. The number of hydrogen-bond acceptors (Lipinski definition) is 4. The van der Waals surface area contributed by atoms with E-state index in [0.717, 1.165) is 50.9 Å². The van der Waals surface area contributed by atoms with Crippen molar-refractivity contribution in [3.8, 4) is 0 Å². The van der Waals surface area contributed by atoms with Crippen LogP contribution in [-0.2, 0) is 17.6 Å². The Bertz CT molecular complexity index is 861. The van der Waals surface area contributed by atoms with Gasteiger partial charge in [-0.25, -0.2) is 0 Å². The number of morpholine rings is 1. The van der Waals surface area contributed by atoms with Crippen LogP contribution in [0, 0.1) is 0 Å². The molecule has 1 N–H and O–H groups in total. The second-order valence-corrected chi connectivity index (χ2v) is 9.69. The Hall–Kier alpha value is -1.47. The van der Waals surface area contributed by atoms with Crippen molar-refractivity contribution in [3.63, 3.8) is 0 Å². The van der Waals surface area contributed by atoms with Crippen LogP contribution in [0.5, 0.6) is 0 Å². The Morgan fingerprint density at radius 3 is 2.69 bits per heavy atom. The maximum atomic E-state index is 5.88. The van der Waals surface area contributed by atoms with Crippen LogP contribution in [0.1, 0.15) is 46.9 Å². The van der Waals surface area contributed by atoms with E-state index in [2.05, 4.69) is 45.4 Å². The molecule has 0 amide bonds. The summed E-state index contributed by atoms with van der Waals surface area (Å²) in [4.78, 5) is 6.53. The third kappa shape index (κ3) is 3.96. The monoisotopic (exact) mass is 427 g/mol. The summed E-state index contributed by atoms with van der Waals surface area (Å²) in [5.74, 6) is 0. The fourth-order valence-electron chi connectivity index (χ4n) is 4.92. The van der Waals surface area contributed by atoms with Gasteiger partial charge in [-0.3, -0.25) is 4.90 Å². The van der Waals surface area contributed by atoms with Gasteiger partial charge >= 0.3 is 0 Å². The van der Waals surface area contributed by atoms with E-state index < -0.39 is 0 Å². The van der Waals surface area contributed by atoms with E-state index in [1.165, 1.54) is 41.8 Å². The van der Waals surface area contributed by atoms with Crippen LogP contribution < -0.4 is 5.32 Å². The smallest absolute Gasteiger partial charge is 0.174 e. The number of ether oxygens (including phenoxy) is 1. The lowest BCUT2D eigenvalue weighted by atomic mass is 9.88. The molecule has 0 spiro atoms. The minimum atomic E-state index is 0.239. The van der Waals surface area contributed by atoms with Crippen molar-refractivity contribution >= 4 is 33.7 Å². The quantitative estimate of drug-likeness (QED) is 0.712. The fourth-order valence-corrected chi connectivity index (χ4v) is 6.60. The minimum Gasteiger partial charge on any atom is -0.379 e. The van der Waals surface area contributed by atoms with Crippen molar-refractivity contribution in [2.45, 2.75) is 38.1 Å². The lowest BCUT2D eigenvalue weighted by Crippen LogP contribution is -2.44. The Balaban J connectivity index is 1.43. The Kier molecular flexibility index (Phi) is 5.86. The predicted molar refractivity (Wildman–Crippen MR) is 124 cm³/mol. The summed E-state index contributed by atoms with van der Waals surface area (Å²) in [5.41, 5.74) is 4.45. The van der Waals surface area contributed by atoms with Crippen molar-refractivity contribution in [3.05, 3.63) is 51.9 Å². The third-order valence-electron chi connectivity index (χ3n) is 6.37. The van der Waals surface area contributed by atoms with E-state index in [9.17, 15) is 0 Å². The zero-order valence-electron chi connectivity index (χ0n) is 16.9. The molecular formula is C23H29N3OS2. The topological polar surface area (TPSA) is 27.7 Å². The van der Waals surface area contributed by atoms with Crippen LogP contribution in [0.2, 0.25) is 0 Å². The first-order chi connectivity index (χ1) is 14.3. The average molecular weight is 428 g/mol. The normalized spacial score (nSPS) is 22.1. The van der Waals surface area contributed by atoms with E-state index in [-0.39, 0.29) is 6.04 Å². The van der Waals surface area contributed by atoms with Gasteiger partial charge in [0.15, 0.2) is 5.11 Å². The SMILES string of the molecule is S=C1Nc2sc3c(c2C(c2ccccc2)N1CCCN1CCOCC1)CCCC3. The van der Waals surface area contributed by atoms with Crippen LogP contribution in [-0.4, -0.2) is 54.3 Å². The lowest BCUT2D eigenvalue weighted by molar-refractivity contribution is 0.0366. The maximum absolute atomic E-state index is 5.88. The zero-order chi connectivity index (χ0) is 19.6. The molecule has 1 aromatic carbocycles. The Morgan fingerprint density at radius 2 is 1.86 bits per heavy atom. The summed E-state index contributed by atoms with van der Waals surface area (Å²) < 4.78 is 5.49. The van der Waals surface area contributed by atoms with E-state index in [4.69, 9.17) is 17.0 Å². The van der Waals surface area contributed by atoms with E-state index in [1.54, 1.807) is 10.4 Å². The van der Waals surface area contributed by atoms with Gasteiger partial charge in [0.25, 0.3) is 0 Å². The van der Waals surface area contributed by atoms with Gasteiger partial charge in [0, 0.05) is 36.6 Å². The first-order valence-corrected chi connectivity index (χ1v) is 12.1. The van der Waals surface area contributed by atoms with Gasteiger partial charge in [-0.1, -0.05) is 30.3 Å². The molecule has 2 aliphatic heterocycles. The van der Waals surface area contributed by atoms with Gasteiger partial charge in [0.2, 0.25) is 0 Å². The van der Waals surface area contributed by atoms with Gasteiger partial charge in [-0.05, 0) is 55.4 Å². The second-order valence-electron chi connectivity index (χ2n) is 8.20. The molecule has 3 heterocycles. The van der Waals surface area contributed by atoms with Crippen molar-refractivity contribution in [2.24, 2.45) is 0 Å². The van der Waals surface area contributed by atoms with E-state index >= 15 is 0 Å². The summed E-state index contributed by atoms with van der Waals surface area (Å²) >= 11 is 7.82. The predicted octanol–water partition coefficient (Wildman–Crippen LogP) is 4.45. The molecule has 1 fully saturated rings. The molecule has 6 heteroatoms. The lowest BCUT2D eigenvalue weighted by Gasteiger charge is -2.40. The molecule has 1 unspecified atom stereocenters. The van der Waals surface area contributed by atoms with E-state index in [1.807, 2.05) is 11.3 Å². The molecule has 1 aliphatic carbocycles. The summed E-state index contributed by atoms with van der Waals surface area (Å²) in [6.45, 7) is 5.91. The molecule has 2 aromatic rings. The summed E-state index contributed by atoms with van der Waals surface area (Å²) in [6.07, 6.45) is 6.17. The maximum Gasteiger partial charge on any atom is 0.174 e. The fraction of sp³-hybridized carbons (Fsp3) is 0.522. The van der Waals surface area contributed by atoms with Crippen molar-refractivity contribution in [1.29, 1.82) is 0 Å². The molecule has 0 bridgehead atoms. The number of aryl methyl sites for hydroxylation is 1. The molecule has 29 heavy (non-hydrogen) atoms. The van der Waals surface area contributed by atoms with Crippen LogP contribution >= 0.6 is 23.6 Å². The molecule has 4 nitrogen and oxygen atoms in total. The van der Waals surface area contributed by atoms with Gasteiger partial charge in [0.05, 0.1) is 19.3 Å². The van der Waals surface area contributed by atoms with Gasteiger partial charge in [0.1, 0.15) is 5.00 Å². The molecule has 1 saturated heterocycles. The van der Waals surface area contributed by atoms with Gasteiger partial charge in [-0.15, -0.1) is 11.3 Å². The molecule has 154 valence electrons. The number of nitrogens with one attached hydrogen (secondary N) is 1. The number of thiocarbonyl (C=S) groups is 1. The highest BCUT2D eigenvalue weighted by molar-refractivity contribution is 7.80. The van der Waals surface area contributed by atoms with Gasteiger partial charge < -0.3 is 15.0 Å². The van der Waals surface area contributed by atoms with Crippen LogP contribution in [0.15, 0.2) is 30.3 Å². The highest BCUT2D eigenvalue weighted by atomic mass is 32.1. The first kappa shape index (κ1) is 19.5. The summed E-state index contributed by atoms with van der Waals surface area (Å²) in [7, 11) is 0. The minimum absolute atomic E-state index is 0.239. The number of rotatable bonds is 5. The third-order valence-corrected chi connectivity index (χ3v) is 7.93. The number of nitrogens with zero attached hydrogens (tertiary/aromatic N) is 2. The van der Waals surface area contributed by atoms with Crippen LogP contribution in [0.25, 0.3) is 0 Å². The number of anilines is 1. The summed E-state index contributed by atoms with van der Waals surface area (Å²) in [5, 5.41) is 5.77. The van der Waals surface area contributed by atoms with Crippen LogP contribution in [0.4, 0.5) is 5.00 Å². The highest BCUT2D eigenvalue weighted by Gasteiger charge is 2.36. The number of thiophene rings is 1. The zero-order valence-corrected chi connectivity index (χ0v) is 18.5. The summed E-state index contributed by atoms with van der Waals surface area (Å²) in [6, 6.07) is 11.2. The van der Waals surface area contributed by atoms with Crippen molar-refractivity contribution in [1.82, 2.24) is 9.80 Å². The van der Waals surface area contributed by atoms with E-state index in [0.29, 0.717) is 0 Å². The molecular weight excluding hydrogens is 398 g/mol. The largest absolute Gasteiger partial charge is 0.379 e. The second kappa shape index (κ2) is 8.72. The van der Waals surface area contributed by atoms with Crippen LogP contribution in [0.3, 0.4) is 0 Å². The highest BCUT2D eigenvalue weighted by Crippen LogP contribution is 2.47. The molecule has 3 aliphatic rings. The molecule has 0 saturated carbocycles. The average Bonchev–Trinajstić information content (AvgIpc) is 3.13. The van der Waals surface area contributed by atoms with Crippen molar-refractivity contribution in [2.75, 3.05) is 44.7 Å². The standard InChI is InChI=1S/C23H29N3OS2/c28-23-24-22-20(18-9-4-5-10-19(18)29-22)21(17-7-2-1-3-8-17)26(23)12-6-11-25-13-15-27-16-14-25/h1-3,7-8,21H,4-6,9-16H2,(H,24,28). The first-order valence-electron chi connectivity index (χ1n) is 10.9. The van der Waals surface area contributed by atoms with Gasteiger partial charge in [-0.2, -0.15) is 0 Å². The molecule has 0 radical (unpaired) electrons.